The zero-order chi connectivity index (χ0) is 12.5. The van der Waals surface area contributed by atoms with Crippen molar-refractivity contribution in [2.24, 2.45) is 0 Å². The Kier molecular flexibility index (Phi) is 2.96. The molecule has 0 unspecified atom stereocenters. The molecule has 1 aromatic carbocycles. The molecule has 92 valence electrons. The van der Waals surface area contributed by atoms with Crippen LogP contribution in [0.25, 0.3) is 0 Å². The molecule has 0 spiro atoms. The third-order valence-corrected chi connectivity index (χ3v) is 3.21. The maximum absolute atomic E-state index is 11.9. The van der Waals surface area contributed by atoms with Crippen LogP contribution in [-0.2, 0) is 9.53 Å². The molecule has 2 rings (SSSR count). The highest BCUT2D eigenvalue weighted by Gasteiger charge is 2.37. The van der Waals surface area contributed by atoms with E-state index in [4.69, 9.17) is 4.74 Å². The molecule has 0 bridgehead atoms. The zero-order valence-electron chi connectivity index (χ0n) is 10.5. The minimum absolute atomic E-state index is 0.214. The first kappa shape index (κ1) is 11.8. The Bertz CT molecular complexity index is 429. The third kappa shape index (κ3) is 1.95. The van der Waals surface area contributed by atoms with Gasteiger partial charge in [0.2, 0.25) is 0 Å². The Balaban J connectivity index is 2.39. The summed E-state index contributed by atoms with van der Waals surface area (Å²) in [6.45, 7) is 5.40. The SMILES string of the molecule is COC(=O)C(C)(C)N1CCNc2ccccc21. The number of hydrogen-bond acceptors (Lipinski definition) is 4. The van der Waals surface area contributed by atoms with Gasteiger partial charge >= 0.3 is 5.97 Å². The summed E-state index contributed by atoms with van der Waals surface area (Å²) in [4.78, 5) is 13.9. The number of fused-ring (bicyclic) bond motifs is 1. The number of benzene rings is 1. The number of esters is 1. The van der Waals surface area contributed by atoms with Crippen molar-refractivity contribution < 1.29 is 9.53 Å². The van der Waals surface area contributed by atoms with Gasteiger partial charge in [-0.05, 0) is 26.0 Å². The van der Waals surface area contributed by atoms with E-state index in [1.807, 2.05) is 38.1 Å². The number of hydrogen-bond donors (Lipinski definition) is 1. The quantitative estimate of drug-likeness (QED) is 0.793. The molecular weight excluding hydrogens is 216 g/mol. The van der Waals surface area contributed by atoms with E-state index in [0.29, 0.717) is 0 Å². The molecule has 0 saturated carbocycles. The Hall–Kier alpha value is -1.71. The summed E-state index contributed by atoms with van der Waals surface area (Å²) in [5.41, 5.74) is 1.47. The third-order valence-electron chi connectivity index (χ3n) is 3.21. The molecule has 4 heteroatoms. The first-order valence-electron chi connectivity index (χ1n) is 5.76. The predicted molar refractivity (Wildman–Crippen MR) is 68.4 cm³/mol. The standard InChI is InChI=1S/C13H18N2O2/c1-13(2,12(16)17-3)15-9-8-14-10-6-4-5-7-11(10)15/h4-7,14H,8-9H2,1-3H3. The summed E-state index contributed by atoms with van der Waals surface area (Å²) in [6, 6.07) is 8.01. The highest BCUT2D eigenvalue weighted by atomic mass is 16.5. The smallest absolute Gasteiger partial charge is 0.331 e. The van der Waals surface area contributed by atoms with Crippen molar-refractivity contribution in [2.75, 3.05) is 30.4 Å². The van der Waals surface area contributed by atoms with Crippen molar-refractivity contribution in [3.05, 3.63) is 24.3 Å². The molecule has 0 radical (unpaired) electrons. The molecule has 17 heavy (non-hydrogen) atoms. The van der Waals surface area contributed by atoms with E-state index in [2.05, 4.69) is 10.2 Å². The Morgan fingerprint density at radius 1 is 1.41 bits per heavy atom. The van der Waals surface area contributed by atoms with Crippen molar-refractivity contribution in [3.8, 4) is 0 Å². The lowest BCUT2D eigenvalue weighted by Gasteiger charge is -2.41. The van der Waals surface area contributed by atoms with Crippen LogP contribution in [0.4, 0.5) is 11.4 Å². The minimum Gasteiger partial charge on any atom is -0.467 e. The van der Waals surface area contributed by atoms with Crippen molar-refractivity contribution in [3.63, 3.8) is 0 Å². The van der Waals surface area contributed by atoms with Crippen molar-refractivity contribution >= 4 is 17.3 Å². The van der Waals surface area contributed by atoms with Crippen molar-refractivity contribution in [1.29, 1.82) is 0 Å². The van der Waals surface area contributed by atoms with Gasteiger partial charge in [-0.25, -0.2) is 4.79 Å². The fraction of sp³-hybridized carbons (Fsp3) is 0.462. The van der Waals surface area contributed by atoms with E-state index in [1.54, 1.807) is 0 Å². The highest BCUT2D eigenvalue weighted by molar-refractivity contribution is 5.87. The second-order valence-electron chi connectivity index (χ2n) is 4.65. The van der Waals surface area contributed by atoms with E-state index in [9.17, 15) is 4.79 Å². The lowest BCUT2D eigenvalue weighted by atomic mass is 10.00. The van der Waals surface area contributed by atoms with E-state index >= 15 is 0 Å². The van der Waals surface area contributed by atoms with Gasteiger partial charge in [0.25, 0.3) is 0 Å². The van der Waals surface area contributed by atoms with Crippen molar-refractivity contribution in [2.45, 2.75) is 19.4 Å². The van der Waals surface area contributed by atoms with Gasteiger partial charge in [0, 0.05) is 13.1 Å². The molecular formula is C13H18N2O2. The molecule has 0 amide bonds. The number of rotatable bonds is 2. The van der Waals surface area contributed by atoms with Gasteiger partial charge in [-0.15, -0.1) is 0 Å². The van der Waals surface area contributed by atoms with E-state index < -0.39 is 5.54 Å². The summed E-state index contributed by atoms with van der Waals surface area (Å²) in [7, 11) is 1.43. The molecule has 0 saturated heterocycles. The maximum Gasteiger partial charge on any atom is 0.331 e. The average molecular weight is 234 g/mol. The topological polar surface area (TPSA) is 41.6 Å². The summed E-state index contributed by atoms with van der Waals surface area (Å²) in [5.74, 6) is -0.214. The number of carbonyl (C=O) groups is 1. The van der Waals surface area contributed by atoms with Gasteiger partial charge in [-0.2, -0.15) is 0 Å². The van der Waals surface area contributed by atoms with E-state index in [-0.39, 0.29) is 5.97 Å². The average Bonchev–Trinajstić information content (AvgIpc) is 2.37. The van der Waals surface area contributed by atoms with Gasteiger partial charge in [0.05, 0.1) is 18.5 Å². The van der Waals surface area contributed by atoms with Crippen molar-refractivity contribution in [1.82, 2.24) is 0 Å². The Labute approximate surface area is 102 Å². The molecule has 1 aliphatic rings. The molecule has 1 heterocycles. The Morgan fingerprint density at radius 2 is 2.12 bits per heavy atom. The number of para-hydroxylation sites is 2. The van der Waals surface area contributed by atoms with Crippen LogP contribution in [0.15, 0.2) is 24.3 Å². The molecule has 0 atom stereocenters. The van der Waals surface area contributed by atoms with Gasteiger partial charge in [-0.3, -0.25) is 0 Å². The lowest BCUT2D eigenvalue weighted by molar-refractivity contribution is -0.145. The summed E-state index contributed by atoms with van der Waals surface area (Å²) >= 11 is 0. The van der Waals surface area contributed by atoms with Crippen LogP contribution >= 0.6 is 0 Å². The summed E-state index contributed by atoms with van der Waals surface area (Å²) in [5, 5.41) is 3.33. The fourth-order valence-electron chi connectivity index (χ4n) is 2.22. The molecule has 1 aromatic rings. The number of nitrogens with zero attached hydrogens (tertiary/aromatic N) is 1. The lowest BCUT2D eigenvalue weighted by Crippen LogP contribution is -2.54. The highest BCUT2D eigenvalue weighted by Crippen LogP contribution is 2.33. The van der Waals surface area contributed by atoms with Crippen LogP contribution in [0.3, 0.4) is 0 Å². The normalized spacial score (nSPS) is 14.9. The largest absolute Gasteiger partial charge is 0.467 e. The van der Waals surface area contributed by atoms with Crippen LogP contribution < -0.4 is 10.2 Å². The predicted octanol–water partition coefficient (Wildman–Crippen LogP) is 1.87. The number of nitrogens with one attached hydrogen (secondary N) is 1. The number of methoxy groups -OCH3 is 1. The summed E-state index contributed by atoms with van der Waals surface area (Å²) in [6.07, 6.45) is 0. The van der Waals surface area contributed by atoms with E-state index in [0.717, 1.165) is 24.5 Å². The second kappa shape index (κ2) is 4.28. The van der Waals surface area contributed by atoms with Gasteiger partial charge < -0.3 is 15.0 Å². The first-order chi connectivity index (χ1) is 8.07. The van der Waals surface area contributed by atoms with Gasteiger partial charge in [-0.1, -0.05) is 12.1 Å². The van der Waals surface area contributed by atoms with Gasteiger partial charge in [0.15, 0.2) is 0 Å². The monoisotopic (exact) mass is 234 g/mol. The molecule has 1 N–H and O–H groups in total. The van der Waals surface area contributed by atoms with Crippen LogP contribution in [0.5, 0.6) is 0 Å². The molecule has 1 aliphatic heterocycles. The van der Waals surface area contributed by atoms with Crippen LogP contribution in [0.2, 0.25) is 0 Å². The van der Waals surface area contributed by atoms with Gasteiger partial charge in [0.1, 0.15) is 5.54 Å². The molecule has 0 fully saturated rings. The zero-order valence-corrected chi connectivity index (χ0v) is 10.5. The molecule has 4 nitrogen and oxygen atoms in total. The van der Waals surface area contributed by atoms with Crippen LogP contribution in [0.1, 0.15) is 13.8 Å². The number of carbonyl (C=O) groups excluding carboxylic acids is 1. The number of ether oxygens (including phenoxy) is 1. The second-order valence-corrected chi connectivity index (χ2v) is 4.65. The molecule has 0 aromatic heterocycles. The first-order valence-corrected chi connectivity index (χ1v) is 5.76. The summed E-state index contributed by atoms with van der Waals surface area (Å²) < 4.78 is 4.88. The maximum atomic E-state index is 11.9. The number of anilines is 2. The Morgan fingerprint density at radius 3 is 2.82 bits per heavy atom. The van der Waals surface area contributed by atoms with E-state index in [1.165, 1.54) is 7.11 Å². The fourth-order valence-corrected chi connectivity index (χ4v) is 2.22. The van der Waals surface area contributed by atoms with Crippen LogP contribution in [-0.4, -0.2) is 31.7 Å². The molecule has 0 aliphatic carbocycles. The minimum atomic E-state index is -0.646. The van der Waals surface area contributed by atoms with Crippen LogP contribution in [0, 0.1) is 0 Å².